The lowest BCUT2D eigenvalue weighted by Crippen LogP contribution is -2.14. The lowest BCUT2D eigenvalue weighted by atomic mass is 9.95. The van der Waals surface area contributed by atoms with Crippen molar-refractivity contribution < 1.29 is 13.2 Å². The average molecular weight is 339 g/mol. The Morgan fingerprint density at radius 2 is 1.50 bits per heavy atom. The highest BCUT2D eigenvalue weighted by molar-refractivity contribution is 7.90. The van der Waals surface area contributed by atoms with Gasteiger partial charge in [-0.15, -0.1) is 0 Å². The highest BCUT2D eigenvalue weighted by Gasteiger charge is 2.20. The standard InChI is InChI=1S/C19H17NO3S/c1-13(2)14-7-9-15(10-8-14)24(22,23)20-18-11-12-19(21)17-6-4-3-5-16(17)18/h3-13H,1-2H3/b20-18+. The molecule has 0 fully saturated rings. The van der Waals surface area contributed by atoms with Crippen LogP contribution in [-0.4, -0.2) is 19.9 Å². The number of hydrogen-bond donors (Lipinski definition) is 0. The second kappa shape index (κ2) is 6.17. The number of sulfonamides is 1. The van der Waals surface area contributed by atoms with Crippen LogP contribution in [0.25, 0.3) is 0 Å². The van der Waals surface area contributed by atoms with E-state index >= 15 is 0 Å². The molecule has 0 unspecified atom stereocenters. The van der Waals surface area contributed by atoms with E-state index in [0.29, 0.717) is 17.0 Å². The molecule has 5 heteroatoms. The number of carbonyl (C=O) groups excluding carboxylic acids is 1. The van der Waals surface area contributed by atoms with Gasteiger partial charge in [0, 0.05) is 11.1 Å². The normalized spacial score (nSPS) is 15.8. The van der Waals surface area contributed by atoms with E-state index in [4.69, 9.17) is 0 Å². The maximum absolute atomic E-state index is 12.6. The SMILES string of the molecule is CC(C)c1ccc(S(=O)(=O)/N=C2\C=CC(=O)c3ccccc32)cc1. The third-order valence-electron chi connectivity index (χ3n) is 3.92. The molecule has 1 aliphatic carbocycles. The smallest absolute Gasteiger partial charge is 0.282 e. The summed E-state index contributed by atoms with van der Waals surface area (Å²) in [5, 5.41) is 0. The average Bonchev–Trinajstić information content (AvgIpc) is 2.58. The van der Waals surface area contributed by atoms with Gasteiger partial charge in [0.15, 0.2) is 5.78 Å². The van der Waals surface area contributed by atoms with Crippen molar-refractivity contribution in [2.75, 3.05) is 0 Å². The lowest BCUT2D eigenvalue weighted by molar-refractivity contribution is 0.104. The third kappa shape index (κ3) is 3.08. The Bertz CT molecular complexity index is 952. The highest BCUT2D eigenvalue weighted by Crippen LogP contribution is 2.22. The quantitative estimate of drug-likeness (QED) is 0.856. The summed E-state index contributed by atoms with van der Waals surface area (Å²) in [6.07, 6.45) is 2.79. The molecule has 0 radical (unpaired) electrons. The van der Waals surface area contributed by atoms with Crippen molar-refractivity contribution in [2.24, 2.45) is 4.40 Å². The molecule has 3 rings (SSSR count). The molecule has 0 heterocycles. The van der Waals surface area contributed by atoms with Gasteiger partial charge in [-0.05, 0) is 35.8 Å². The number of benzene rings is 2. The maximum atomic E-state index is 12.6. The Labute approximate surface area is 141 Å². The second-order valence-electron chi connectivity index (χ2n) is 5.92. The van der Waals surface area contributed by atoms with Gasteiger partial charge in [-0.3, -0.25) is 4.79 Å². The van der Waals surface area contributed by atoms with Gasteiger partial charge < -0.3 is 0 Å². The molecule has 2 aromatic carbocycles. The summed E-state index contributed by atoms with van der Waals surface area (Å²) in [6, 6.07) is 13.6. The zero-order chi connectivity index (χ0) is 17.3. The number of fused-ring (bicyclic) bond motifs is 1. The van der Waals surface area contributed by atoms with E-state index in [1.165, 1.54) is 12.2 Å². The lowest BCUT2D eigenvalue weighted by Gasteiger charge is -2.12. The van der Waals surface area contributed by atoms with Gasteiger partial charge in [0.1, 0.15) is 0 Å². The Hall–Kier alpha value is -2.53. The fourth-order valence-electron chi connectivity index (χ4n) is 2.54. The first-order valence-corrected chi connectivity index (χ1v) is 9.09. The molecule has 0 saturated heterocycles. The molecule has 0 aliphatic heterocycles. The van der Waals surface area contributed by atoms with Gasteiger partial charge in [-0.25, -0.2) is 0 Å². The second-order valence-corrected chi connectivity index (χ2v) is 7.52. The van der Waals surface area contributed by atoms with E-state index < -0.39 is 10.0 Å². The van der Waals surface area contributed by atoms with E-state index in [1.807, 2.05) is 13.8 Å². The molecule has 0 saturated carbocycles. The fraction of sp³-hybridized carbons (Fsp3) is 0.158. The molecule has 0 spiro atoms. The molecular weight excluding hydrogens is 322 g/mol. The van der Waals surface area contributed by atoms with E-state index in [2.05, 4.69) is 4.40 Å². The zero-order valence-electron chi connectivity index (χ0n) is 13.4. The number of hydrogen-bond acceptors (Lipinski definition) is 3. The predicted molar refractivity (Wildman–Crippen MR) is 94.2 cm³/mol. The van der Waals surface area contributed by atoms with Crippen LogP contribution in [0.3, 0.4) is 0 Å². The van der Waals surface area contributed by atoms with Crippen molar-refractivity contribution in [3.8, 4) is 0 Å². The van der Waals surface area contributed by atoms with Crippen molar-refractivity contribution in [3.63, 3.8) is 0 Å². The van der Waals surface area contributed by atoms with Crippen molar-refractivity contribution in [1.29, 1.82) is 0 Å². The predicted octanol–water partition coefficient (Wildman–Crippen LogP) is 3.74. The summed E-state index contributed by atoms with van der Waals surface area (Å²) in [5.41, 5.74) is 2.34. The molecule has 1 aliphatic rings. The molecule has 0 N–H and O–H groups in total. The number of rotatable bonds is 3. The number of nitrogens with zero attached hydrogens (tertiary/aromatic N) is 1. The number of ketones is 1. The molecule has 24 heavy (non-hydrogen) atoms. The van der Waals surface area contributed by atoms with Crippen LogP contribution in [-0.2, 0) is 10.0 Å². The molecular formula is C19H17NO3S. The molecule has 4 nitrogen and oxygen atoms in total. The first-order chi connectivity index (χ1) is 11.4. The van der Waals surface area contributed by atoms with Gasteiger partial charge in [-0.2, -0.15) is 12.8 Å². The Morgan fingerprint density at radius 1 is 0.875 bits per heavy atom. The van der Waals surface area contributed by atoms with Crippen molar-refractivity contribution in [1.82, 2.24) is 0 Å². The molecule has 0 amide bonds. The van der Waals surface area contributed by atoms with Gasteiger partial charge in [0.05, 0.1) is 10.6 Å². The zero-order valence-corrected chi connectivity index (χ0v) is 14.2. The summed E-state index contributed by atoms with van der Waals surface area (Å²) in [4.78, 5) is 12.0. The summed E-state index contributed by atoms with van der Waals surface area (Å²) >= 11 is 0. The van der Waals surface area contributed by atoms with Gasteiger partial charge in [0.25, 0.3) is 10.0 Å². The van der Waals surface area contributed by atoms with Crippen LogP contribution in [0.15, 0.2) is 70.0 Å². The molecule has 0 bridgehead atoms. The molecule has 2 aromatic rings. The summed E-state index contributed by atoms with van der Waals surface area (Å²) in [7, 11) is -3.84. The summed E-state index contributed by atoms with van der Waals surface area (Å²) in [6.45, 7) is 4.09. The van der Waals surface area contributed by atoms with Crippen LogP contribution < -0.4 is 0 Å². The van der Waals surface area contributed by atoms with Crippen LogP contribution in [0.5, 0.6) is 0 Å². The molecule has 122 valence electrons. The minimum absolute atomic E-state index is 0.141. The summed E-state index contributed by atoms with van der Waals surface area (Å²) < 4.78 is 29.1. The highest BCUT2D eigenvalue weighted by atomic mass is 32.2. The van der Waals surface area contributed by atoms with Gasteiger partial charge in [-0.1, -0.05) is 50.2 Å². The Kier molecular flexibility index (Phi) is 4.20. The summed E-state index contributed by atoms with van der Waals surface area (Å²) in [5.74, 6) is 0.176. The van der Waals surface area contributed by atoms with Crippen LogP contribution in [0.4, 0.5) is 0 Å². The monoisotopic (exact) mass is 339 g/mol. The van der Waals surface area contributed by atoms with E-state index in [-0.39, 0.29) is 16.4 Å². The molecule has 0 aromatic heterocycles. The van der Waals surface area contributed by atoms with Crippen LogP contribution in [0, 0.1) is 0 Å². The minimum atomic E-state index is -3.84. The Balaban J connectivity index is 2.04. The number of carbonyl (C=O) groups is 1. The van der Waals surface area contributed by atoms with Crippen LogP contribution in [0.1, 0.15) is 41.3 Å². The van der Waals surface area contributed by atoms with Crippen molar-refractivity contribution in [2.45, 2.75) is 24.7 Å². The maximum Gasteiger partial charge on any atom is 0.282 e. The van der Waals surface area contributed by atoms with Gasteiger partial charge >= 0.3 is 0 Å². The largest absolute Gasteiger partial charge is 0.289 e. The first kappa shape index (κ1) is 16.3. The Morgan fingerprint density at radius 3 is 2.12 bits per heavy atom. The van der Waals surface area contributed by atoms with Crippen LogP contribution >= 0.6 is 0 Å². The first-order valence-electron chi connectivity index (χ1n) is 7.65. The molecule has 0 atom stereocenters. The van der Waals surface area contributed by atoms with Crippen molar-refractivity contribution in [3.05, 3.63) is 77.4 Å². The third-order valence-corrected chi connectivity index (χ3v) is 5.23. The van der Waals surface area contributed by atoms with E-state index in [9.17, 15) is 13.2 Å². The van der Waals surface area contributed by atoms with E-state index in [1.54, 1.807) is 48.5 Å². The van der Waals surface area contributed by atoms with E-state index in [0.717, 1.165) is 5.56 Å². The topological polar surface area (TPSA) is 63.6 Å². The van der Waals surface area contributed by atoms with Gasteiger partial charge in [0.2, 0.25) is 0 Å². The number of allylic oxidation sites excluding steroid dienone is 2. The minimum Gasteiger partial charge on any atom is -0.289 e. The fourth-order valence-corrected chi connectivity index (χ4v) is 3.55. The van der Waals surface area contributed by atoms with Crippen molar-refractivity contribution >= 4 is 21.5 Å². The van der Waals surface area contributed by atoms with Crippen LogP contribution in [0.2, 0.25) is 0 Å².